The van der Waals surface area contributed by atoms with Crippen LogP contribution in [0.2, 0.25) is 0 Å². The van der Waals surface area contributed by atoms with Gasteiger partial charge in [-0.2, -0.15) is 5.26 Å². The van der Waals surface area contributed by atoms with Gasteiger partial charge >= 0.3 is 0 Å². The topological polar surface area (TPSA) is 27.0 Å². The second kappa shape index (κ2) is 3.88. The molecule has 1 heterocycles. The van der Waals surface area contributed by atoms with Crippen LogP contribution in [0.15, 0.2) is 17.8 Å². The van der Waals surface area contributed by atoms with E-state index in [1.54, 1.807) is 6.08 Å². The minimum atomic E-state index is -0.0966. The Morgan fingerprint density at radius 3 is 2.39 bits per heavy atom. The summed E-state index contributed by atoms with van der Waals surface area (Å²) in [6.45, 7) is 10.9. The predicted octanol–water partition coefficient (Wildman–Crippen LogP) is 3.75. The molecule has 1 aliphatic heterocycles. The molecule has 1 aliphatic rings. The summed E-state index contributed by atoms with van der Waals surface area (Å²) in [5.41, 5.74) is 7.57. The summed E-state index contributed by atoms with van der Waals surface area (Å²) in [5, 5.41) is 9.00. The summed E-state index contributed by atoms with van der Waals surface area (Å²) in [6.07, 6.45) is 1.67. The van der Waals surface area contributed by atoms with Gasteiger partial charge < -0.3 is 4.90 Å². The Balaban J connectivity index is 2.85. The SMILES string of the molecule is Cc1cc(C)c2c(c1C)C(C)(C)C(=CC#N)N2C. The molecule has 2 nitrogen and oxygen atoms in total. The Labute approximate surface area is 110 Å². The van der Waals surface area contributed by atoms with Crippen molar-refractivity contribution in [2.24, 2.45) is 0 Å². The molecule has 0 atom stereocenters. The first-order chi connectivity index (χ1) is 8.32. The fourth-order valence-corrected chi connectivity index (χ4v) is 3.28. The Kier molecular flexibility index (Phi) is 2.74. The first-order valence-electron chi connectivity index (χ1n) is 6.27. The van der Waals surface area contributed by atoms with E-state index in [1.165, 1.54) is 27.9 Å². The second-order valence-corrected chi connectivity index (χ2v) is 5.70. The molecule has 0 N–H and O–H groups in total. The number of nitrogens with zero attached hydrogens (tertiary/aromatic N) is 2. The maximum Gasteiger partial charge on any atom is 0.0930 e. The van der Waals surface area contributed by atoms with Gasteiger partial charge in [0.05, 0.1) is 6.07 Å². The highest BCUT2D eigenvalue weighted by atomic mass is 15.2. The van der Waals surface area contributed by atoms with Crippen LogP contribution < -0.4 is 4.90 Å². The van der Waals surface area contributed by atoms with E-state index >= 15 is 0 Å². The lowest BCUT2D eigenvalue weighted by molar-refractivity contribution is 0.636. The van der Waals surface area contributed by atoms with E-state index in [1.807, 2.05) is 0 Å². The number of benzene rings is 1. The third-order valence-corrected chi connectivity index (χ3v) is 4.17. The van der Waals surface area contributed by atoms with Crippen molar-refractivity contribution >= 4 is 5.69 Å². The second-order valence-electron chi connectivity index (χ2n) is 5.70. The average Bonchev–Trinajstić information content (AvgIpc) is 2.47. The molecule has 0 bridgehead atoms. The molecule has 1 aromatic carbocycles. The number of hydrogen-bond donors (Lipinski definition) is 0. The van der Waals surface area contributed by atoms with Gasteiger partial charge in [0.1, 0.15) is 0 Å². The molecule has 0 fully saturated rings. The normalized spacial score (nSPS) is 18.9. The molecule has 0 saturated carbocycles. The van der Waals surface area contributed by atoms with Crippen LogP contribution in [0.25, 0.3) is 0 Å². The molecule has 94 valence electrons. The van der Waals surface area contributed by atoms with Crippen molar-refractivity contribution in [2.75, 3.05) is 11.9 Å². The molecule has 2 heteroatoms. The third kappa shape index (κ3) is 1.47. The third-order valence-electron chi connectivity index (χ3n) is 4.17. The number of hydrogen-bond acceptors (Lipinski definition) is 2. The highest BCUT2D eigenvalue weighted by molar-refractivity contribution is 5.76. The smallest absolute Gasteiger partial charge is 0.0930 e. The van der Waals surface area contributed by atoms with E-state index in [0.29, 0.717) is 0 Å². The van der Waals surface area contributed by atoms with E-state index < -0.39 is 0 Å². The van der Waals surface area contributed by atoms with Crippen LogP contribution in [0.3, 0.4) is 0 Å². The summed E-state index contributed by atoms with van der Waals surface area (Å²) in [5.74, 6) is 0. The monoisotopic (exact) mass is 240 g/mol. The van der Waals surface area contributed by atoms with Crippen LogP contribution in [-0.4, -0.2) is 7.05 Å². The fourth-order valence-electron chi connectivity index (χ4n) is 3.28. The molecule has 0 amide bonds. The zero-order valence-electron chi connectivity index (χ0n) is 12.0. The lowest BCUT2D eigenvalue weighted by Crippen LogP contribution is -2.23. The van der Waals surface area contributed by atoms with E-state index in [-0.39, 0.29) is 5.41 Å². The first-order valence-corrected chi connectivity index (χ1v) is 6.27. The zero-order chi connectivity index (χ0) is 13.7. The molecule has 18 heavy (non-hydrogen) atoms. The van der Waals surface area contributed by atoms with Gasteiger partial charge in [0, 0.05) is 29.9 Å². The van der Waals surface area contributed by atoms with E-state index in [2.05, 4.69) is 58.7 Å². The number of likely N-dealkylation sites (N-methyl/N-ethyl adjacent to an activating group) is 1. The van der Waals surface area contributed by atoms with Crippen LogP contribution >= 0.6 is 0 Å². The molecule has 0 aliphatic carbocycles. The van der Waals surface area contributed by atoms with Gasteiger partial charge in [0.2, 0.25) is 0 Å². The fraction of sp³-hybridized carbons (Fsp3) is 0.438. The number of nitriles is 1. The van der Waals surface area contributed by atoms with Crippen molar-refractivity contribution in [3.8, 4) is 6.07 Å². The summed E-state index contributed by atoms with van der Waals surface area (Å²) in [4.78, 5) is 2.17. The number of rotatable bonds is 0. The molecule has 1 aromatic rings. The minimum absolute atomic E-state index is 0.0966. The molecule has 0 saturated heterocycles. The highest BCUT2D eigenvalue weighted by Crippen LogP contribution is 2.50. The van der Waals surface area contributed by atoms with Crippen molar-refractivity contribution < 1.29 is 0 Å². The highest BCUT2D eigenvalue weighted by Gasteiger charge is 2.40. The quantitative estimate of drug-likeness (QED) is 0.646. The summed E-state index contributed by atoms with van der Waals surface area (Å²) < 4.78 is 0. The van der Waals surface area contributed by atoms with Crippen molar-refractivity contribution in [3.63, 3.8) is 0 Å². The molecular formula is C16H20N2. The summed E-state index contributed by atoms with van der Waals surface area (Å²) in [7, 11) is 2.05. The van der Waals surface area contributed by atoms with Gasteiger partial charge in [-0.3, -0.25) is 0 Å². The number of anilines is 1. The van der Waals surface area contributed by atoms with E-state index in [4.69, 9.17) is 5.26 Å². The van der Waals surface area contributed by atoms with Crippen LogP contribution in [-0.2, 0) is 5.41 Å². The molecule has 0 unspecified atom stereocenters. The Hall–Kier alpha value is -1.75. The van der Waals surface area contributed by atoms with Crippen molar-refractivity contribution in [2.45, 2.75) is 40.0 Å². The van der Waals surface area contributed by atoms with Gasteiger partial charge in [-0.15, -0.1) is 0 Å². The van der Waals surface area contributed by atoms with E-state index in [9.17, 15) is 0 Å². The average molecular weight is 240 g/mol. The predicted molar refractivity (Wildman–Crippen MR) is 75.8 cm³/mol. The minimum Gasteiger partial charge on any atom is -0.346 e. The molecule has 2 rings (SSSR count). The van der Waals surface area contributed by atoms with Gasteiger partial charge in [-0.05, 0) is 43.0 Å². The first kappa shape index (κ1) is 12.7. The lowest BCUT2D eigenvalue weighted by Gasteiger charge is -2.24. The van der Waals surface area contributed by atoms with Gasteiger partial charge in [-0.25, -0.2) is 0 Å². The van der Waals surface area contributed by atoms with Crippen molar-refractivity contribution in [1.29, 1.82) is 5.26 Å². The van der Waals surface area contributed by atoms with Gasteiger partial charge in [-0.1, -0.05) is 19.9 Å². The maximum absolute atomic E-state index is 9.00. The molecule has 0 spiro atoms. The largest absolute Gasteiger partial charge is 0.346 e. The molecule has 0 aromatic heterocycles. The number of allylic oxidation sites excluding steroid dienone is 2. The molecular weight excluding hydrogens is 220 g/mol. The maximum atomic E-state index is 9.00. The van der Waals surface area contributed by atoms with Crippen LogP contribution in [0.5, 0.6) is 0 Å². The summed E-state index contributed by atoms with van der Waals surface area (Å²) in [6, 6.07) is 4.41. The van der Waals surface area contributed by atoms with Crippen LogP contribution in [0, 0.1) is 32.1 Å². The molecule has 0 radical (unpaired) electrons. The van der Waals surface area contributed by atoms with Gasteiger partial charge in [0.25, 0.3) is 0 Å². The zero-order valence-corrected chi connectivity index (χ0v) is 12.0. The lowest BCUT2D eigenvalue weighted by atomic mass is 9.79. The van der Waals surface area contributed by atoms with Crippen molar-refractivity contribution in [1.82, 2.24) is 0 Å². The standard InChI is InChI=1S/C16H20N2/c1-10-9-11(2)15-14(12(10)3)16(4,5)13(7-8-17)18(15)6/h7,9H,1-6H3. The number of fused-ring (bicyclic) bond motifs is 1. The summed E-state index contributed by atoms with van der Waals surface area (Å²) >= 11 is 0. The van der Waals surface area contributed by atoms with Crippen LogP contribution in [0.4, 0.5) is 5.69 Å². The van der Waals surface area contributed by atoms with Gasteiger partial charge in [0.15, 0.2) is 0 Å². The Morgan fingerprint density at radius 1 is 1.22 bits per heavy atom. The van der Waals surface area contributed by atoms with Crippen LogP contribution in [0.1, 0.15) is 36.1 Å². The Morgan fingerprint density at radius 2 is 1.83 bits per heavy atom. The van der Waals surface area contributed by atoms with Crippen molar-refractivity contribution in [3.05, 3.63) is 40.1 Å². The Bertz CT molecular complexity index is 586. The van der Waals surface area contributed by atoms with E-state index in [0.717, 1.165) is 5.70 Å². The number of aryl methyl sites for hydroxylation is 2.